The van der Waals surface area contributed by atoms with E-state index in [0.29, 0.717) is 11.3 Å². The van der Waals surface area contributed by atoms with Crippen LogP contribution >= 0.6 is 0 Å². The van der Waals surface area contributed by atoms with Gasteiger partial charge in [-0.15, -0.1) is 0 Å². The fourth-order valence-electron chi connectivity index (χ4n) is 4.86. The van der Waals surface area contributed by atoms with E-state index in [1.165, 1.54) is 6.42 Å². The van der Waals surface area contributed by atoms with Crippen molar-refractivity contribution in [1.29, 1.82) is 0 Å². The molecule has 2 amide bonds. The van der Waals surface area contributed by atoms with Crippen LogP contribution in [0.1, 0.15) is 67.4 Å². The molecule has 0 unspecified atom stereocenters. The molecule has 0 heterocycles. The molecular weight excluding hydrogens is 410 g/mol. The number of carbonyl (C=O) groups excluding carboxylic acids is 2. The van der Waals surface area contributed by atoms with Crippen LogP contribution in [0, 0.1) is 5.92 Å². The molecule has 3 aromatic carbocycles. The van der Waals surface area contributed by atoms with E-state index in [1.807, 2.05) is 60.7 Å². The Bertz CT molecular complexity index is 1110. The molecule has 0 aromatic heterocycles. The molecule has 0 spiro atoms. The van der Waals surface area contributed by atoms with Gasteiger partial charge < -0.3 is 16.4 Å². The Morgan fingerprint density at radius 1 is 0.970 bits per heavy atom. The number of carbonyl (C=O) groups is 2. The maximum atomic E-state index is 13.0. The Balaban J connectivity index is 1.60. The number of rotatable bonds is 7. The zero-order valence-electron chi connectivity index (χ0n) is 19.2. The maximum absolute atomic E-state index is 13.0. The van der Waals surface area contributed by atoms with Crippen molar-refractivity contribution in [2.24, 2.45) is 11.7 Å². The number of nitrogens with two attached hydrogens (primary N) is 1. The van der Waals surface area contributed by atoms with Crippen molar-refractivity contribution in [1.82, 2.24) is 5.32 Å². The van der Waals surface area contributed by atoms with E-state index < -0.39 is 6.04 Å². The van der Waals surface area contributed by atoms with Gasteiger partial charge in [-0.25, -0.2) is 0 Å². The van der Waals surface area contributed by atoms with E-state index >= 15 is 0 Å². The molecule has 1 fully saturated rings. The molecule has 2 atom stereocenters. The summed E-state index contributed by atoms with van der Waals surface area (Å²) < 4.78 is 0. The van der Waals surface area contributed by atoms with Gasteiger partial charge in [0.05, 0.1) is 12.1 Å². The SMILES string of the molecule is CC[C@@H](NC(=O)c1ccccc1)c1cc(NC(=O)[C@H](N)C2CCCCC2)cc2ccccc12. The minimum absolute atomic E-state index is 0.111. The van der Waals surface area contributed by atoms with Crippen molar-refractivity contribution in [3.8, 4) is 0 Å². The lowest BCUT2D eigenvalue weighted by molar-refractivity contribution is -0.118. The van der Waals surface area contributed by atoms with Crippen LogP contribution in [-0.2, 0) is 4.79 Å². The summed E-state index contributed by atoms with van der Waals surface area (Å²) in [6, 6.07) is 20.6. The second-order valence-corrected chi connectivity index (χ2v) is 9.00. The summed E-state index contributed by atoms with van der Waals surface area (Å²) in [5.41, 5.74) is 8.67. The zero-order valence-corrected chi connectivity index (χ0v) is 19.2. The van der Waals surface area contributed by atoms with Crippen molar-refractivity contribution < 1.29 is 9.59 Å². The van der Waals surface area contributed by atoms with Gasteiger partial charge in [-0.3, -0.25) is 9.59 Å². The van der Waals surface area contributed by atoms with Gasteiger partial charge in [0.2, 0.25) is 5.91 Å². The first-order valence-corrected chi connectivity index (χ1v) is 12.0. The summed E-state index contributed by atoms with van der Waals surface area (Å²) >= 11 is 0. The molecule has 4 N–H and O–H groups in total. The molecule has 0 aliphatic heterocycles. The molecule has 1 aliphatic rings. The Morgan fingerprint density at radius 3 is 2.39 bits per heavy atom. The minimum Gasteiger partial charge on any atom is -0.345 e. The van der Waals surface area contributed by atoms with Crippen LogP contribution in [0.25, 0.3) is 10.8 Å². The number of fused-ring (bicyclic) bond motifs is 1. The fourth-order valence-corrected chi connectivity index (χ4v) is 4.86. The first-order valence-electron chi connectivity index (χ1n) is 12.0. The lowest BCUT2D eigenvalue weighted by atomic mass is 9.84. The molecule has 1 saturated carbocycles. The molecule has 33 heavy (non-hydrogen) atoms. The molecular formula is C28H33N3O2. The Morgan fingerprint density at radius 2 is 1.67 bits per heavy atom. The zero-order chi connectivity index (χ0) is 23.2. The van der Waals surface area contributed by atoms with Gasteiger partial charge in [0.25, 0.3) is 5.91 Å². The van der Waals surface area contributed by atoms with Gasteiger partial charge in [0, 0.05) is 11.3 Å². The van der Waals surface area contributed by atoms with Gasteiger partial charge in [-0.2, -0.15) is 0 Å². The van der Waals surface area contributed by atoms with Crippen molar-refractivity contribution in [2.45, 2.75) is 57.5 Å². The van der Waals surface area contributed by atoms with Crippen LogP contribution in [0.4, 0.5) is 5.69 Å². The summed E-state index contributed by atoms with van der Waals surface area (Å²) in [6.45, 7) is 2.05. The third-order valence-electron chi connectivity index (χ3n) is 6.75. The van der Waals surface area contributed by atoms with Crippen LogP contribution in [-0.4, -0.2) is 17.9 Å². The Labute approximate surface area is 195 Å². The summed E-state index contributed by atoms with van der Waals surface area (Å²) in [7, 11) is 0. The highest BCUT2D eigenvalue weighted by molar-refractivity contribution is 5.99. The number of benzene rings is 3. The Kier molecular flexibility index (Phi) is 7.40. The maximum Gasteiger partial charge on any atom is 0.251 e. The number of amides is 2. The van der Waals surface area contributed by atoms with Crippen LogP contribution < -0.4 is 16.4 Å². The molecule has 1 aliphatic carbocycles. The molecule has 0 bridgehead atoms. The van der Waals surface area contributed by atoms with Gasteiger partial charge in [-0.1, -0.05) is 68.7 Å². The van der Waals surface area contributed by atoms with Gasteiger partial charge in [0.15, 0.2) is 0 Å². The molecule has 0 saturated heterocycles. The van der Waals surface area contributed by atoms with Gasteiger partial charge in [0.1, 0.15) is 0 Å². The first kappa shape index (κ1) is 23.0. The molecule has 0 radical (unpaired) electrons. The van der Waals surface area contributed by atoms with Crippen LogP contribution in [0.2, 0.25) is 0 Å². The molecule has 5 nitrogen and oxygen atoms in total. The number of anilines is 1. The highest BCUT2D eigenvalue weighted by Gasteiger charge is 2.26. The first-order chi connectivity index (χ1) is 16.1. The average molecular weight is 444 g/mol. The fraction of sp³-hybridized carbons (Fsp3) is 0.357. The highest BCUT2D eigenvalue weighted by atomic mass is 16.2. The third kappa shape index (κ3) is 5.42. The number of hydrogen-bond acceptors (Lipinski definition) is 3. The second-order valence-electron chi connectivity index (χ2n) is 9.00. The van der Waals surface area contributed by atoms with E-state index in [9.17, 15) is 9.59 Å². The van der Waals surface area contributed by atoms with Crippen molar-refractivity contribution >= 4 is 28.3 Å². The molecule has 3 aromatic rings. The predicted octanol–water partition coefficient (Wildman–Crippen LogP) is 5.57. The number of hydrogen-bond donors (Lipinski definition) is 3. The van der Waals surface area contributed by atoms with E-state index in [4.69, 9.17) is 5.73 Å². The smallest absolute Gasteiger partial charge is 0.251 e. The average Bonchev–Trinajstić information content (AvgIpc) is 2.87. The summed E-state index contributed by atoms with van der Waals surface area (Å²) in [6.07, 6.45) is 6.27. The van der Waals surface area contributed by atoms with Crippen molar-refractivity contribution in [2.75, 3.05) is 5.32 Å². The number of nitrogens with one attached hydrogen (secondary N) is 2. The topological polar surface area (TPSA) is 84.2 Å². The van der Waals surface area contributed by atoms with E-state index in [1.54, 1.807) is 0 Å². The quantitative estimate of drug-likeness (QED) is 0.446. The van der Waals surface area contributed by atoms with Crippen LogP contribution in [0.5, 0.6) is 0 Å². The lowest BCUT2D eigenvalue weighted by Crippen LogP contribution is -2.42. The molecule has 4 rings (SSSR count). The van der Waals surface area contributed by atoms with Gasteiger partial charge in [-0.05, 0) is 65.8 Å². The van der Waals surface area contributed by atoms with Crippen molar-refractivity contribution in [3.63, 3.8) is 0 Å². The Hall–Kier alpha value is -3.18. The van der Waals surface area contributed by atoms with Crippen LogP contribution in [0.3, 0.4) is 0 Å². The highest BCUT2D eigenvalue weighted by Crippen LogP contribution is 2.31. The largest absolute Gasteiger partial charge is 0.345 e. The van der Waals surface area contributed by atoms with E-state index in [0.717, 1.165) is 48.4 Å². The molecule has 5 heteroatoms. The summed E-state index contributed by atoms with van der Waals surface area (Å²) in [5, 5.41) is 8.31. The minimum atomic E-state index is -0.500. The summed E-state index contributed by atoms with van der Waals surface area (Å²) in [4.78, 5) is 25.8. The standard InChI is InChI=1S/C28H33N3O2/c1-2-25(31-27(32)20-13-7-4-8-14-20)24-18-22(17-21-15-9-10-16-23(21)24)30-28(33)26(29)19-11-5-3-6-12-19/h4,7-10,13-19,25-26H,2-3,5-6,11-12,29H2,1H3,(H,30,33)(H,31,32)/t25-,26-/m1/s1. The van der Waals surface area contributed by atoms with E-state index in [2.05, 4.69) is 23.6 Å². The predicted molar refractivity (Wildman–Crippen MR) is 134 cm³/mol. The third-order valence-corrected chi connectivity index (χ3v) is 6.75. The monoisotopic (exact) mass is 443 g/mol. The van der Waals surface area contributed by atoms with Crippen molar-refractivity contribution in [3.05, 3.63) is 77.9 Å². The summed E-state index contributed by atoms with van der Waals surface area (Å²) in [5.74, 6) is -0.00276. The normalized spacial score (nSPS) is 16.2. The second kappa shape index (κ2) is 10.6. The van der Waals surface area contributed by atoms with E-state index in [-0.39, 0.29) is 23.8 Å². The van der Waals surface area contributed by atoms with Gasteiger partial charge >= 0.3 is 0 Å². The van der Waals surface area contributed by atoms with Crippen LogP contribution in [0.15, 0.2) is 66.7 Å². The molecule has 172 valence electrons. The lowest BCUT2D eigenvalue weighted by Gasteiger charge is -2.27.